The Morgan fingerprint density at radius 2 is 1.88 bits per heavy atom. The summed E-state index contributed by atoms with van der Waals surface area (Å²) in [6, 6.07) is 9.54. The van der Waals surface area contributed by atoms with E-state index in [4.69, 9.17) is 4.74 Å². The van der Waals surface area contributed by atoms with Crippen LogP contribution in [0.25, 0.3) is 6.08 Å². The standard InChI is InChI=1S/C22H24O4/c1-3-5-6-17-14-18(22(15-21(17)25)26-13-4-2)9-12-20(24)16-7-10-19(23)11-8-16/h3,5,7-12,14-15,23,25H,4,6,13H2,1-2H3. The predicted octanol–water partition coefficient (Wildman–Crippen LogP) is 4.90. The van der Waals surface area contributed by atoms with Crippen LogP contribution in [0.4, 0.5) is 0 Å². The monoisotopic (exact) mass is 352 g/mol. The number of carbonyl (C=O) groups excluding carboxylic acids is 1. The van der Waals surface area contributed by atoms with Gasteiger partial charge in [-0.25, -0.2) is 0 Å². The van der Waals surface area contributed by atoms with Gasteiger partial charge in [-0.15, -0.1) is 0 Å². The van der Waals surface area contributed by atoms with Crippen LogP contribution in [-0.2, 0) is 6.42 Å². The van der Waals surface area contributed by atoms with Crippen molar-refractivity contribution in [2.45, 2.75) is 26.7 Å². The number of aromatic hydroxyl groups is 2. The first-order chi connectivity index (χ1) is 12.5. The number of phenolic OH excluding ortho intramolecular Hbond substituents is 2. The second-order valence-corrected chi connectivity index (χ2v) is 5.88. The van der Waals surface area contributed by atoms with Crippen LogP contribution in [0, 0.1) is 0 Å². The van der Waals surface area contributed by atoms with E-state index in [0.717, 1.165) is 17.5 Å². The van der Waals surface area contributed by atoms with Crippen molar-refractivity contribution in [1.82, 2.24) is 0 Å². The Kier molecular flexibility index (Phi) is 7.03. The van der Waals surface area contributed by atoms with Gasteiger partial charge in [0, 0.05) is 17.2 Å². The lowest BCUT2D eigenvalue weighted by Gasteiger charge is -2.12. The van der Waals surface area contributed by atoms with E-state index in [0.29, 0.717) is 24.3 Å². The van der Waals surface area contributed by atoms with Gasteiger partial charge in [-0.2, -0.15) is 0 Å². The highest BCUT2D eigenvalue weighted by molar-refractivity contribution is 6.07. The third-order valence-corrected chi connectivity index (χ3v) is 3.81. The van der Waals surface area contributed by atoms with Crippen LogP contribution in [0.3, 0.4) is 0 Å². The highest BCUT2D eigenvalue weighted by Gasteiger charge is 2.09. The molecule has 0 heterocycles. The van der Waals surface area contributed by atoms with Crippen LogP contribution in [0.5, 0.6) is 17.2 Å². The van der Waals surface area contributed by atoms with Crippen LogP contribution in [0.2, 0.25) is 0 Å². The molecule has 2 rings (SSSR count). The molecule has 0 aliphatic carbocycles. The molecule has 136 valence electrons. The van der Waals surface area contributed by atoms with Gasteiger partial charge in [-0.1, -0.05) is 19.1 Å². The third kappa shape index (κ3) is 5.24. The van der Waals surface area contributed by atoms with E-state index < -0.39 is 0 Å². The summed E-state index contributed by atoms with van der Waals surface area (Å²) in [6.45, 7) is 4.46. The SMILES string of the molecule is CC=CCc1cc(C=CC(=O)c2ccc(O)cc2)c(OCCC)cc1O. The van der Waals surface area contributed by atoms with Crippen molar-refractivity contribution in [3.63, 3.8) is 0 Å². The Balaban J connectivity index is 2.31. The Morgan fingerprint density at radius 3 is 2.54 bits per heavy atom. The molecule has 0 atom stereocenters. The van der Waals surface area contributed by atoms with Gasteiger partial charge < -0.3 is 14.9 Å². The van der Waals surface area contributed by atoms with E-state index >= 15 is 0 Å². The van der Waals surface area contributed by atoms with Crippen LogP contribution in [0.15, 0.2) is 54.6 Å². The normalized spacial score (nSPS) is 11.3. The number of ketones is 1. The van der Waals surface area contributed by atoms with Crippen LogP contribution in [-0.4, -0.2) is 22.6 Å². The van der Waals surface area contributed by atoms with E-state index in [1.807, 2.05) is 32.1 Å². The zero-order chi connectivity index (χ0) is 18.9. The molecular weight excluding hydrogens is 328 g/mol. The van der Waals surface area contributed by atoms with Gasteiger partial charge in [-0.05, 0) is 67.8 Å². The summed E-state index contributed by atoms with van der Waals surface area (Å²) >= 11 is 0. The molecule has 0 saturated carbocycles. The number of hydrogen-bond donors (Lipinski definition) is 2. The van der Waals surface area contributed by atoms with Crippen LogP contribution in [0.1, 0.15) is 41.8 Å². The quantitative estimate of drug-likeness (QED) is 0.403. The Bertz CT molecular complexity index is 802. The second-order valence-electron chi connectivity index (χ2n) is 5.88. The molecule has 0 bridgehead atoms. The lowest BCUT2D eigenvalue weighted by atomic mass is 10.0. The summed E-state index contributed by atoms with van der Waals surface area (Å²) in [5.74, 6) is 0.669. The average molecular weight is 352 g/mol. The second kappa shape index (κ2) is 9.47. The number of hydrogen-bond acceptors (Lipinski definition) is 4. The number of carbonyl (C=O) groups is 1. The van der Waals surface area contributed by atoms with E-state index in [1.54, 1.807) is 24.3 Å². The maximum atomic E-state index is 12.3. The smallest absolute Gasteiger partial charge is 0.185 e. The highest BCUT2D eigenvalue weighted by atomic mass is 16.5. The summed E-state index contributed by atoms with van der Waals surface area (Å²) in [7, 11) is 0. The van der Waals surface area contributed by atoms with Gasteiger partial charge in [-0.3, -0.25) is 4.79 Å². The maximum Gasteiger partial charge on any atom is 0.185 e. The first kappa shape index (κ1) is 19.3. The lowest BCUT2D eigenvalue weighted by Crippen LogP contribution is -1.99. The fourth-order valence-corrected chi connectivity index (χ4v) is 2.40. The third-order valence-electron chi connectivity index (χ3n) is 3.81. The first-order valence-corrected chi connectivity index (χ1v) is 8.66. The minimum absolute atomic E-state index is 0.118. The maximum absolute atomic E-state index is 12.3. The minimum atomic E-state index is -0.172. The molecule has 0 aliphatic heterocycles. The van der Waals surface area contributed by atoms with Gasteiger partial charge in [0.05, 0.1) is 6.61 Å². The van der Waals surface area contributed by atoms with E-state index in [9.17, 15) is 15.0 Å². The van der Waals surface area contributed by atoms with Crippen LogP contribution >= 0.6 is 0 Å². The zero-order valence-electron chi connectivity index (χ0n) is 15.1. The van der Waals surface area contributed by atoms with Gasteiger partial charge in [0.25, 0.3) is 0 Å². The number of rotatable bonds is 8. The molecule has 0 aliphatic rings. The van der Waals surface area contributed by atoms with Crippen molar-refractivity contribution in [3.05, 3.63) is 71.3 Å². The molecule has 0 saturated heterocycles. The predicted molar refractivity (Wildman–Crippen MR) is 104 cm³/mol. The average Bonchev–Trinajstić information content (AvgIpc) is 2.64. The van der Waals surface area contributed by atoms with Crippen molar-refractivity contribution >= 4 is 11.9 Å². The molecule has 2 aromatic carbocycles. The number of ether oxygens (including phenoxy) is 1. The molecule has 0 fully saturated rings. The van der Waals surface area contributed by atoms with E-state index in [-0.39, 0.29) is 17.3 Å². The molecule has 0 radical (unpaired) electrons. The van der Waals surface area contributed by atoms with Gasteiger partial charge >= 0.3 is 0 Å². The van der Waals surface area contributed by atoms with Crippen molar-refractivity contribution in [2.75, 3.05) is 6.61 Å². The Hall–Kier alpha value is -3.01. The molecule has 2 N–H and O–H groups in total. The summed E-state index contributed by atoms with van der Waals surface area (Å²) in [5.41, 5.74) is 1.99. The number of benzene rings is 2. The van der Waals surface area contributed by atoms with E-state index in [2.05, 4.69) is 0 Å². The summed E-state index contributed by atoms with van der Waals surface area (Å²) in [6.07, 6.45) is 8.48. The molecule has 26 heavy (non-hydrogen) atoms. The Morgan fingerprint density at radius 1 is 1.15 bits per heavy atom. The lowest BCUT2D eigenvalue weighted by molar-refractivity contribution is 0.104. The van der Waals surface area contributed by atoms with Gasteiger partial charge in [0.2, 0.25) is 0 Å². The molecule has 2 aromatic rings. The zero-order valence-corrected chi connectivity index (χ0v) is 15.1. The number of allylic oxidation sites excluding steroid dienone is 3. The van der Waals surface area contributed by atoms with Crippen LogP contribution < -0.4 is 4.74 Å². The molecule has 0 amide bonds. The fourth-order valence-electron chi connectivity index (χ4n) is 2.40. The highest BCUT2D eigenvalue weighted by Crippen LogP contribution is 2.30. The molecular formula is C22H24O4. The Labute approximate surface area is 154 Å². The first-order valence-electron chi connectivity index (χ1n) is 8.66. The minimum Gasteiger partial charge on any atom is -0.508 e. The summed E-state index contributed by atoms with van der Waals surface area (Å²) in [5, 5.41) is 19.5. The molecule has 0 spiro atoms. The fraction of sp³-hybridized carbons (Fsp3) is 0.227. The molecule has 0 unspecified atom stereocenters. The number of phenols is 2. The topological polar surface area (TPSA) is 66.8 Å². The molecule has 4 nitrogen and oxygen atoms in total. The molecule has 0 aromatic heterocycles. The van der Waals surface area contributed by atoms with Crippen molar-refractivity contribution < 1.29 is 19.7 Å². The van der Waals surface area contributed by atoms with Crippen molar-refractivity contribution in [3.8, 4) is 17.2 Å². The summed E-state index contributed by atoms with van der Waals surface area (Å²) < 4.78 is 5.71. The van der Waals surface area contributed by atoms with Crippen molar-refractivity contribution in [1.29, 1.82) is 0 Å². The van der Waals surface area contributed by atoms with E-state index in [1.165, 1.54) is 18.2 Å². The largest absolute Gasteiger partial charge is 0.508 e. The van der Waals surface area contributed by atoms with Crippen molar-refractivity contribution in [2.24, 2.45) is 0 Å². The van der Waals surface area contributed by atoms with Gasteiger partial charge in [0.15, 0.2) is 5.78 Å². The van der Waals surface area contributed by atoms with Gasteiger partial charge in [0.1, 0.15) is 17.2 Å². The summed E-state index contributed by atoms with van der Waals surface area (Å²) in [4.78, 5) is 12.3. The molecule has 4 heteroatoms.